The normalized spacial score (nSPS) is 11.2. The molecule has 0 saturated carbocycles. The molecule has 0 unspecified atom stereocenters. The fourth-order valence-corrected chi connectivity index (χ4v) is 2.81. The maximum atomic E-state index is 11.9. The molecule has 0 heterocycles. The molecule has 2 rings (SSSR count). The molecule has 0 spiro atoms. The predicted octanol–water partition coefficient (Wildman–Crippen LogP) is 2.07. The fraction of sp³-hybridized carbons (Fsp3) is 0.133. The van der Waals surface area contributed by atoms with E-state index in [0.717, 1.165) is 10.0 Å². The Bertz CT molecular complexity index is 774. The van der Waals surface area contributed by atoms with Gasteiger partial charge in [-0.3, -0.25) is 4.79 Å². The molecule has 0 aliphatic rings. The summed E-state index contributed by atoms with van der Waals surface area (Å²) in [5, 5.41) is 7.85. The van der Waals surface area contributed by atoms with Gasteiger partial charge < -0.3 is 5.32 Å². The first-order chi connectivity index (χ1) is 10.4. The number of nitrogens with two attached hydrogens (primary N) is 1. The van der Waals surface area contributed by atoms with Crippen LogP contribution in [0.15, 0.2) is 57.9 Å². The summed E-state index contributed by atoms with van der Waals surface area (Å²) in [4.78, 5) is 12.0. The summed E-state index contributed by atoms with van der Waals surface area (Å²) in [6, 6.07) is 13.4. The van der Waals surface area contributed by atoms with Crippen molar-refractivity contribution in [2.24, 2.45) is 5.14 Å². The number of primary sulfonamides is 1. The highest BCUT2D eigenvalue weighted by Crippen LogP contribution is 2.12. The molecular weight excluding hydrogens is 368 g/mol. The molecule has 22 heavy (non-hydrogen) atoms. The minimum atomic E-state index is -3.67. The number of carbonyl (C=O) groups is 1. The highest BCUT2D eigenvalue weighted by molar-refractivity contribution is 9.10. The van der Waals surface area contributed by atoms with E-state index < -0.39 is 10.0 Å². The molecule has 2 aromatic rings. The van der Waals surface area contributed by atoms with Gasteiger partial charge in [-0.2, -0.15) is 0 Å². The number of benzene rings is 2. The molecule has 0 bridgehead atoms. The number of hydrogen-bond acceptors (Lipinski definition) is 3. The summed E-state index contributed by atoms with van der Waals surface area (Å²) in [7, 11) is -3.67. The Morgan fingerprint density at radius 1 is 1.14 bits per heavy atom. The smallest absolute Gasteiger partial charge is 0.251 e. The Kier molecular flexibility index (Phi) is 5.33. The van der Waals surface area contributed by atoms with Crippen molar-refractivity contribution >= 4 is 31.9 Å². The van der Waals surface area contributed by atoms with Gasteiger partial charge in [-0.15, -0.1) is 0 Å². The van der Waals surface area contributed by atoms with Crippen LogP contribution in [-0.2, 0) is 16.4 Å². The monoisotopic (exact) mass is 382 g/mol. The van der Waals surface area contributed by atoms with Crippen LogP contribution in [0.2, 0.25) is 0 Å². The molecule has 3 N–H and O–H groups in total. The van der Waals surface area contributed by atoms with Crippen LogP contribution in [0.3, 0.4) is 0 Å². The first-order valence-electron chi connectivity index (χ1n) is 6.52. The van der Waals surface area contributed by atoms with E-state index in [1.807, 2.05) is 6.07 Å². The van der Waals surface area contributed by atoms with E-state index in [-0.39, 0.29) is 10.8 Å². The average molecular weight is 383 g/mol. The second kappa shape index (κ2) is 7.04. The number of carbonyl (C=O) groups excluding carboxylic acids is 1. The Hall–Kier alpha value is -1.70. The van der Waals surface area contributed by atoms with Crippen LogP contribution in [0.4, 0.5) is 0 Å². The van der Waals surface area contributed by atoms with Gasteiger partial charge in [0.05, 0.1) is 4.90 Å². The first-order valence-corrected chi connectivity index (χ1v) is 8.86. The molecule has 7 heteroatoms. The number of hydrogen-bond donors (Lipinski definition) is 2. The summed E-state index contributed by atoms with van der Waals surface area (Å²) in [6.07, 6.45) is 0.602. The molecule has 0 saturated heterocycles. The van der Waals surface area contributed by atoms with Crippen LogP contribution in [-0.4, -0.2) is 20.9 Å². The molecule has 0 aliphatic carbocycles. The van der Waals surface area contributed by atoms with Crippen LogP contribution in [0.5, 0.6) is 0 Å². The molecule has 0 aliphatic heterocycles. The minimum Gasteiger partial charge on any atom is -0.352 e. The van der Waals surface area contributed by atoms with Gasteiger partial charge in [-0.1, -0.05) is 34.1 Å². The van der Waals surface area contributed by atoms with E-state index in [0.29, 0.717) is 18.5 Å². The van der Waals surface area contributed by atoms with Crippen LogP contribution in [0.25, 0.3) is 0 Å². The van der Waals surface area contributed by atoms with Crippen molar-refractivity contribution in [1.29, 1.82) is 0 Å². The lowest BCUT2D eigenvalue weighted by Crippen LogP contribution is -2.25. The Balaban J connectivity index is 1.90. The van der Waals surface area contributed by atoms with Crippen molar-refractivity contribution in [1.82, 2.24) is 5.32 Å². The third-order valence-corrected chi connectivity index (χ3v) is 4.46. The SMILES string of the molecule is NS(=O)(=O)c1ccc(CCNC(=O)c2cccc(Br)c2)cc1. The maximum absolute atomic E-state index is 11.9. The lowest BCUT2D eigenvalue weighted by molar-refractivity contribution is 0.0954. The lowest BCUT2D eigenvalue weighted by Gasteiger charge is -2.06. The number of sulfonamides is 1. The summed E-state index contributed by atoms with van der Waals surface area (Å²) in [5.41, 5.74) is 1.50. The standard InChI is InChI=1S/C15H15BrN2O3S/c16-13-3-1-2-12(10-13)15(19)18-9-8-11-4-6-14(7-5-11)22(17,20)21/h1-7,10H,8-9H2,(H,18,19)(H2,17,20,21). The van der Waals surface area contributed by atoms with Crippen molar-refractivity contribution in [2.75, 3.05) is 6.54 Å². The van der Waals surface area contributed by atoms with Crippen molar-refractivity contribution in [3.8, 4) is 0 Å². The Morgan fingerprint density at radius 2 is 1.82 bits per heavy atom. The van der Waals surface area contributed by atoms with Crippen molar-refractivity contribution in [3.05, 3.63) is 64.1 Å². The van der Waals surface area contributed by atoms with E-state index in [4.69, 9.17) is 5.14 Å². The van der Waals surface area contributed by atoms with E-state index in [1.54, 1.807) is 30.3 Å². The average Bonchev–Trinajstić information content (AvgIpc) is 2.47. The van der Waals surface area contributed by atoms with E-state index in [1.165, 1.54) is 12.1 Å². The molecule has 0 radical (unpaired) electrons. The summed E-state index contributed by atoms with van der Waals surface area (Å²) < 4.78 is 23.1. The second-order valence-electron chi connectivity index (χ2n) is 4.71. The molecule has 0 atom stereocenters. The quantitative estimate of drug-likeness (QED) is 0.829. The van der Waals surface area contributed by atoms with Crippen molar-refractivity contribution in [3.63, 3.8) is 0 Å². The van der Waals surface area contributed by atoms with E-state index >= 15 is 0 Å². The zero-order valence-corrected chi connectivity index (χ0v) is 14.0. The molecule has 0 aromatic heterocycles. The highest BCUT2D eigenvalue weighted by Gasteiger charge is 2.07. The van der Waals surface area contributed by atoms with Gasteiger partial charge in [-0.25, -0.2) is 13.6 Å². The molecule has 2 aromatic carbocycles. The third-order valence-electron chi connectivity index (χ3n) is 3.04. The zero-order valence-electron chi connectivity index (χ0n) is 11.6. The number of amides is 1. The predicted molar refractivity (Wildman–Crippen MR) is 88.0 cm³/mol. The maximum Gasteiger partial charge on any atom is 0.251 e. The molecule has 1 amide bonds. The van der Waals surface area contributed by atoms with Crippen molar-refractivity contribution < 1.29 is 13.2 Å². The number of rotatable bonds is 5. The zero-order chi connectivity index (χ0) is 16.2. The summed E-state index contributed by atoms with van der Waals surface area (Å²) in [5.74, 6) is -0.151. The van der Waals surface area contributed by atoms with Crippen molar-refractivity contribution in [2.45, 2.75) is 11.3 Å². The van der Waals surface area contributed by atoms with Gasteiger partial charge in [-0.05, 0) is 42.3 Å². The third kappa shape index (κ3) is 4.66. The van der Waals surface area contributed by atoms with Gasteiger partial charge in [0, 0.05) is 16.6 Å². The van der Waals surface area contributed by atoms with E-state index in [9.17, 15) is 13.2 Å². The van der Waals surface area contributed by atoms with Gasteiger partial charge >= 0.3 is 0 Å². The molecular formula is C15H15BrN2O3S. The molecule has 116 valence electrons. The van der Waals surface area contributed by atoms with Gasteiger partial charge in [0.15, 0.2) is 0 Å². The van der Waals surface area contributed by atoms with E-state index in [2.05, 4.69) is 21.2 Å². The Labute approximate surface area is 137 Å². The first kappa shape index (κ1) is 16.7. The fourth-order valence-electron chi connectivity index (χ4n) is 1.90. The summed E-state index contributed by atoms with van der Waals surface area (Å²) >= 11 is 3.32. The summed E-state index contributed by atoms with van der Waals surface area (Å²) in [6.45, 7) is 0.458. The molecule has 0 fully saturated rings. The largest absolute Gasteiger partial charge is 0.352 e. The lowest BCUT2D eigenvalue weighted by atomic mass is 10.1. The van der Waals surface area contributed by atoms with Gasteiger partial charge in [0.25, 0.3) is 5.91 Å². The van der Waals surface area contributed by atoms with Crippen LogP contribution in [0.1, 0.15) is 15.9 Å². The second-order valence-corrected chi connectivity index (χ2v) is 7.18. The molecule has 5 nitrogen and oxygen atoms in total. The van der Waals surface area contributed by atoms with Gasteiger partial charge in [0.1, 0.15) is 0 Å². The number of halogens is 1. The van der Waals surface area contributed by atoms with Crippen LogP contribution < -0.4 is 10.5 Å². The van der Waals surface area contributed by atoms with Gasteiger partial charge in [0.2, 0.25) is 10.0 Å². The van der Waals surface area contributed by atoms with Crippen LogP contribution >= 0.6 is 15.9 Å². The minimum absolute atomic E-state index is 0.0782. The van der Waals surface area contributed by atoms with Crippen LogP contribution in [0, 0.1) is 0 Å². The topological polar surface area (TPSA) is 89.3 Å². The number of nitrogens with one attached hydrogen (secondary N) is 1. The Morgan fingerprint density at radius 3 is 2.41 bits per heavy atom. The highest BCUT2D eigenvalue weighted by atomic mass is 79.9.